The Morgan fingerprint density at radius 2 is 0.786 bits per heavy atom. The summed E-state index contributed by atoms with van der Waals surface area (Å²) in [6.07, 6.45) is 5.35. The highest BCUT2D eigenvalue weighted by Gasteiger charge is 2.30. The van der Waals surface area contributed by atoms with E-state index in [4.69, 9.17) is 14.2 Å². The summed E-state index contributed by atoms with van der Waals surface area (Å²) in [6, 6.07) is 29.8. The first-order valence-electron chi connectivity index (χ1n) is 25.2. The van der Waals surface area contributed by atoms with E-state index in [1.165, 1.54) is 11.1 Å². The number of ether oxygens (including phenoxy) is 3. The molecule has 370 valence electrons. The molecule has 1 aliphatic rings. The predicted molar refractivity (Wildman–Crippen MR) is 284 cm³/mol. The van der Waals surface area contributed by atoms with Gasteiger partial charge in [-0.15, -0.1) is 0 Å². The van der Waals surface area contributed by atoms with Crippen LogP contribution in [0.15, 0.2) is 97.3 Å². The molecule has 7 rings (SSSR count). The molecule has 0 atom stereocenters. The van der Waals surface area contributed by atoms with Crippen LogP contribution in [0.25, 0.3) is 0 Å². The van der Waals surface area contributed by atoms with Crippen molar-refractivity contribution < 1.29 is 24.1 Å². The average Bonchev–Trinajstić information content (AvgIpc) is 3.28. The summed E-state index contributed by atoms with van der Waals surface area (Å²) in [6.45, 7) is 32.5. The number of rotatable bonds is 11. The predicted octanol–water partition coefficient (Wildman–Crippen LogP) is 13.5. The standard InChI is InChI=1S/C62H77N3O5/c1-15-65(16-2)54(66)39-70-58-43-26-41-30-48(59(3,4)5)29-40(55(41)67)25-42-31-49(60(6,7)8)33-44(56(42)68-37-52-21-17-19-23-63-52)27-45-34-51(62(12,13)14)35-46(28-47(58)36-50(32-43)61(9,10)11)57(45)69-38-53-22-18-20-24-64-53/h17-24,29-36,67H,15-16,25-28,37-39H2,1-14H3. The molecule has 8 nitrogen and oxygen atoms in total. The number of carbonyl (C=O) groups is 1. The maximum atomic E-state index is 13.8. The van der Waals surface area contributed by atoms with Crippen LogP contribution in [0.4, 0.5) is 0 Å². The van der Waals surface area contributed by atoms with E-state index < -0.39 is 0 Å². The lowest BCUT2D eigenvalue weighted by Gasteiger charge is -2.29. The Morgan fingerprint density at radius 3 is 1.07 bits per heavy atom. The molecule has 70 heavy (non-hydrogen) atoms. The summed E-state index contributed by atoms with van der Waals surface area (Å²) >= 11 is 0. The monoisotopic (exact) mass is 944 g/mol. The normalized spacial score (nSPS) is 13.2. The van der Waals surface area contributed by atoms with Gasteiger partial charge in [-0.25, -0.2) is 0 Å². The van der Waals surface area contributed by atoms with Crippen molar-refractivity contribution in [3.05, 3.63) is 175 Å². The Balaban J connectivity index is 1.59. The third-order valence-corrected chi connectivity index (χ3v) is 13.6. The van der Waals surface area contributed by atoms with Crippen LogP contribution in [0.5, 0.6) is 23.0 Å². The Morgan fingerprint density at radius 1 is 0.486 bits per heavy atom. The van der Waals surface area contributed by atoms with Crippen molar-refractivity contribution in [2.45, 2.75) is 157 Å². The smallest absolute Gasteiger partial charge is 0.260 e. The first-order valence-corrected chi connectivity index (χ1v) is 25.2. The van der Waals surface area contributed by atoms with E-state index in [0.29, 0.717) is 44.5 Å². The molecule has 6 aromatic rings. The van der Waals surface area contributed by atoms with Crippen molar-refractivity contribution in [1.82, 2.24) is 14.9 Å². The molecule has 0 radical (unpaired) electrons. The second-order valence-corrected chi connectivity index (χ2v) is 23.3. The van der Waals surface area contributed by atoms with Crippen LogP contribution in [0.3, 0.4) is 0 Å². The molecule has 8 heteroatoms. The first kappa shape index (κ1) is 51.7. The zero-order chi connectivity index (χ0) is 50.8. The molecule has 0 unspecified atom stereocenters. The van der Waals surface area contributed by atoms with Gasteiger partial charge in [-0.2, -0.15) is 0 Å². The Labute approximate surface area is 418 Å². The number of likely N-dealkylation sites (N-methyl/N-ethyl adjacent to an activating group) is 1. The van der Waals surface area contributed by atoms with E-state index in [-0.39, 0.29) is 53.1 Å². The molecule has 1 N–H and O–H groups in total. The summed E-state index contributed by atoms with van der Waals surface area (Å²) in [5.74, 6) is 2.40. The molecule has 0 spiro atoms. The second-order valence-electron chi connectivity index (χ2n) is 23.3. The summed E-state index contributed by atoms with van der Waals surface area (Å²) in [5.41, 5.74) is 12.8. The van der Waals surface area contributed by atoms with Crippen LogP contribution in [0.2, 0.25) is 0 Å². The van der Waals surface area contributed by atoms with Crippen molar-refractivity contribution in [3.63, 3.8) is 0 Å². The topological polar surface area (TPSA) is 94.0 Å². The Kier molecular flexibility index (Phi) is 15.3. The fraction of sp³-hybridized carbons (Fsp3) is 0.435. The number of aromatic nitrogens is 2. The van der Waals surface area contributed by atoms with E-state index in [2.05, 4.69) is 142 Å². The number of benzene rings is 4. The number of hydrogen-bond acceptors (Lipinski definition) is 7. The SMILES string of the molecule is CCN(CC)C(=O)COc1c2cc(C(C)(C)C)cc1Cc1cc(C(C)(C)C)cc(c1OCc1ccccn1)Cc1cc(C(C)(C)C)cc(c1OCc1ccccn1)Cc1cc(C(C)(C)C)cc(c1O)C2. The van der Waals surface area contributed by atoms with Crippen molar-refractivity contribution in [1.29, 1.82) is 0 Å². The van der Waals surface area contributed by atoms with Gasteiger partial charge in [0.2, 0.25) is 0 Å². The number of amides is 1. The second kappa shape index (κ2) is 20.7. The number of nitrogens with zero attached hydrogens (tertiary/aromatic N) is 3. The van der Waals surface area contributed by atoms with E-state index in [1.807, 2.05) is 55.1 Å². The van der Waals surface area contributed by atoms with Gasteiger partial charge in [0.15, 0.2) is 6.61 Å². The zero-order valence-corrected chi connectivity index (χ0v) is 44.5. The highest BCUT2D eigenvalue weighted by Crippen LogP contribution is 2.44. The minimum absolute atomic E-state index is 0.0722. The number of phenolic OH excluding ortho intramolecular Hbond substituents is 1. The minimum atomic E-state index is -0.240. The van der Waals surface area contributed by atoms with Crippen LogP contribution in [0, 0.1) is 0 Å². The molecule has 4 aromatic carbocycles. The van der Waals surface area contributed by atoms with Crippen molar-refractivity contribution >= 4 is 5.91 Å². The van der Waals surface area contributed by atoms with E-state index in [9.17, 15) is 9.90 Å². The molecule has 2 aromatic heterocycles. The van der Waals surface area contributed by atoms with Crippen LogP contribution >= 0.6 is 0 Å². The van der Waals surface area contributed by atoms with Crippen molar-refractivity contribution in [3.8, 4) is 23.0 Å². The van der Waals surface area contributed by atoms with Gasteiger partial charge in [-0.05, 0) is 127 Å². The number of aromatic hydroxyl groups is 1. The van der Waals surface area contributed by atoms with Gasteiger partial charge < -0.3 is 24.2 Å². The summed E-state index contributed by atoms with van der Waals surface area (Å²) in [7, 11) is 0. The summed E-state index contributed by atoms with van der Waals surface area (Å²) in [5, 5.41) is 12.7. The molecule has 8 bridgehead atoms. The van der Waals surface area contributed by atoms with Gasteiger partial charge in [0.1, 0.15) is 36.2 Å². The summed E-state index contributed by atoms with van der Waals surface area (Å²) < 4.78 is 21.1. The van der Waals surface area contributed by atoms with Gasteiger partial charge in [-0.3, -0.25) is 14.8 Å². The van der Waals surface area contributed by atoms with E-state index in [1.54, 1.807) is 12.4 Å². The number of hydrogen-bond donors (Lipinski definition) is 1. The quantitative estimate of drug-likeness (QED) is 0.138. The first-order chi connectivity index (χ1) is 32.9. The molecular formula is C62H77N3O5. The highest BCUT2D eigenvalue weighted by atomic mass is 16.5. The van der Waals surface area contributed by atoms with Crippen LogP contribution in [-0.2, 0) is 65.4 Å². The van der Waals surface area contributed by atoms with Gasteiger partial charge in [0.25, 0.3) is 5.91 Å². The Hall–Kier alpha value is -6.15. The lowest BCUT2D eigenvalue weighted by Crippen LogP contribution is -2.34. The molecule has 0 saturated heterocycles. The molecular weight excluding hydrogens is 867 g/mol. The average molecular weight is 944 g/mol. The lowest BCUT2D eigenvalue weighted by molar-refractivity contribution is -0.133. The molecule has 1 amide bonds. The number of phenols is 1. The lowest BCUT2D eigenvalue weighted by atomic mass is 9.79. The van der Waals surface area contributed by atoms with Gasteiger partial charge in [0, 0.05) is 51.2 Å². The van der Waals surface area contributed by atoms with E-state index >= 15 is 0 Å². The number of carbonyl (C=O) groups excluding carboxylic acids is 1. The van der Waals surface area contributed by atoms with Gasteiger partial charge >= 0.3 is 0 Å². The zero-order valence-electron chi connectivity index (χ0n) is 44.5. The fourth-order valence-corrected chi connectivity index (χ4v) is 9.25. The largest absolute Gasteiger partial charge is 0.507 e. The van der Waals surface area contributed by atoms with Gasteiger partial charge in [-0.1, -0.05) is 144 Å². The summed E-state index contributed by atoms with van der Waals surface area (Å²) in [4.78, 5) is 25.0. The maximum absolute atomic E-state index is 13.8. The molecule has 0 saturated carbocycles. The molecule has 1 aliphatic carbocycles. The van der Waals surface area contributed by atoms with Crippen molar-refractivity contribution in [2.24, 2.45) is 0 Å². The van der Waals surface area contributed by atoms with Gasteiger partial charge in [0.05, 0.1) is 11.4 Å². The number of fused-ring (bicyclic) bond motifs is 8. The van der Waals surface area contributed by atoms with Crippen LogP contribution in [-0.4, -0.2) is 45.6 Å². The van der Waals surface area contributed by atoms with Crippen LogP contribution < -0.4 is 14.2 Å². The Bertz CT molecular complexity index is 2800. The third-order valence-electron chi connectivity index (χ3n) is 13.6. The fourth-order valence-electron chi connectivity index (χ4n) is 9.25. The molecule has 2 heterocycles. The molecule has 0 aliphatic heterocycles. The third kappa shape index (κ3) is 12.2. The maximum Gasteiger partial charge on any atom is 0.260 e. The number of pyridine rings is 2. The molecule has 0 fully saturated rings. The minimum Gasteiger partial charge on any atom is -0.507 e. The van der Waals surface area contributed by atoms with Crippen molar-refractivity contribution in [2.75, 3.05) is 19.7 Å². The van der Waals surface area contributed by atoms with Crippen LogP contribution in [0.1, 0.15) is 175 Å². The van der Waals surface area contributed by atoms with E-state index in [0.717, 1.165) is 78.5 Å². The highest BCUT2D eigenvalue weighted by molar-refractivity contribution is 5.78.